The Balaban J connectivity index is 2.10. The van der Waals surface area contributed by atoms with E-state index in [0.29, 0.717) is 37.7 Å². The lowest BCUT2D eigenvalue weighted by molar-refractivity contribution is 0.0730. The van der Waals surface area contributed by atoms with Gasteiger partial charge in [-0.05, 0) is 24.6 Å². The summed E-state index contributed by atoms with van der Waals surface area (Å²) in [5.41, 5.74) is 6.51. The van der Waals surface area contributed by atoms with Crippen molar-refractivity contribution >= 4 is 10.0 Å². The molecule has 0 aromatic heterocycles. The summed E-state index contributed by atoms with van der Waals surface area (Å²) in [7, 11) is -3.41. The number of nitrogens with one attached hydrogen (secondary N) is 1. The fourth-order valence-corrected chi connectivity index (χ4v) is 3.69. The summed E-state index contributed by atoms with van der Waals surface area (Å²) < 4.78 is 31.6. The minimum absolute atomic E-state index is 0.147. The quantitative estimate of drug-likeness (QED) is 0.790. The maximum absolute atomic E-state index is 12.5. The largest absolute Gasteiger partial charge is 0.379 e. The minimum atomic E-state index is -3.41. The van der Waals surface area contributed by atoms with Gasteiger partial charge in [0, 0.05) is 32.2 Å². The Hall–Kier alpha value is -0.990. The van der Waals surface area contributed by atoms with E-state index in [1.54, 1.807) is 12.1 Å². The Morgan fingerprint density at radius 2 is 1.90 bits per heavy atom. The van der Waals surface area contributed by atoms with Crippen LogP contribution in [0.2, 0.25) is 0 Å². The van der Waals surface area contributed by atoms with E-state index in [9.17, 15) is 8.42 Å². The van der Waals surface area contributed by atoms with Crippen molar-refractivity contribution in [3.63, 3.8) is 0 Å². The Morgan fingerprint density at radius 1 is 1.29 bits per heavy atom. The number of hydrogen-bond acceptors (Lipinski definition) is 5. The average Bonchev–Trinajstić information content (AvgIpc) is 2.53. The summed E-state index contributed by atoms with van der Waals surface area (Å²) in [6.45, 7) is 5.08. The van der Waals surface area contributed by atoms with Crippen LogP contribution in [0.3, 0.4) is 0 Å². The Bertz CT molecular complexity index is 539. The second-order valence-electron chi connectivity index (χ2n) is 5.05. The fourth-order valence-electron chi connectivity index (χ4n) is 2.28. The molecule has 2 rings (SSSR count). The number of nitrogens with zero attached hydrogens (tertiary/aromatic N) is 1. The second-order valence-corrected chi connectivity index (χ2v) is 6.99. The summed E-state index contributed by atoms with van der Waals surface area (Å²) in [6.07, 6.45) is 0. The molecule has 1 aromatic rings. The molecule has 1 saturated heterocycles. The standard InChI is InChI=1S/C14H23N3O3S/c1-12(16-7-6-15)13-2-4-14(5-3-13)21(18,19)17-8-10-20-11-9-17/h2-5,12,16H,6-11,15H2,1H3. The van der Waals surface area contributed by atoms with Crippen LogP contribution in [0.1, 0.15) is 18.5 Å². The highest BCUT2D eigenvalue weighted by Crippen LogP contribution is 2.20. The summed E-state index contributed by atoms with van der Waals surface area (Å²) in [5.74, 6) is 0. The van der Waals surface area contributed by atoms with Crippen LogP contribution in [0.5, 0.6) is 0 Å². The summed E-state index contributed by atoms with van der Waals surface area (Å²) in [6, 6.07) is 7.18. The van der Waals surface area contributed by atoms with Crippen LogP contribution in [-0.2, 0) is 14.8 Å². The first-order chi connectivity index (χ1) is 10.1. The lowest BCUT2D eigenvalue weighted by Crippen LogP contribution is -2.40. The first kappa shape index (κ1) is 16.4. The molecule has 1 heterocycles. The number of hydrogen-bond donors (Lipinski definition) is 2. The maximum atomic E-state index is 12.5. The molecule has 1 aliphatic heterocycles. The van der Waals surface area contributed by atoms with Crippen molar-refractivity contribution in [1.82, 2.24) is 9.62 Å². The second kappa shape index (κ2) is 7.33. The van der Waals surface area contributed by atoms with Crippen LogP contribution >= 0.6 is 0 Å². The fraction of sp³-hybridized carbons (Fsp3) is 0.571. The number of sulfonamides is 1. The van der Waals surface area contributed by atoms with Crippen LogP contribution in [0.15, 0.2) is 29.2 Å². The van der Waals surface area contributed by atoms with Crippen molar-refractivity contribution in [2.45, 2.75) is 17.9 Å². The predicted molar refractivity (Wildman–Crippen MR) is 81.5 cm³/mol. The lowest BCUT2D eigenvalue weighted by atomic mass is 10.1. The highest BCUT2D eigenvalue weighted by atomic mass is 32.2. The molecule has 7 heteroatoms. The lowest BCUT2D eigenvalue weighted by Gasteiger charge is -2.26. The topological polar surface area (TPSA) is 84.7 Å². The Labute approximate surface area is 126 Å². The number of nitrogens with two attached hydrogens (primary N) is 1. The molecule has 21 heavy (non-hydrogen) atoms. The van der Waals surface area contributed by atoms with Crippen molar-refractivity contribution in [3.05, 3.63) is 29.8 Å². The molecule has 6 nitrogen and oxygen atoms in total. The van der Waals surface area contributed by atoms with E-state index in [1.165, 1.54) is 4.31 Å². The molecule has 0 aliphatic carbocycles. The zero-order chi connectivity index (χ0) is 15.3. The molecule has 1 aliphatic rings. The molecule has 0 spiro atoms. The van der Waals surface area contributed by atoms with E-state index in [2.05, 4.69) is 5.32 Å². The highest BCUT2D eigenvalue weighted by molar-refractivity contribution is 7.89. The average molecular weight is 313 g/mol. The summed E-state index contributed by atoms with van der Waals surface area (Å²) in [4.78, 5) is 0.333. The first-order valence-corrected chi connectivity index (χ1v) is 8.61. The zero-order valence-electron chi connectivity index (χ0n) is 12.3. The van der Waals surface area contributed by atoms with E-state index < -0.39 is 10.0 Å². The van der Waals surface area contributed by atoms with Gasteiger partial charge in [-0.3, -0.25) is 0 Å². The monoisotopic (exact) mass is 313 g/mol. The number of ether oxygens (including phenoxy) is 1. The van der Waals surface area contributed by atoms with Gasteiger partial charge in [0.15, 0.2) is 0 Å². The normalized spacial score (nSPS) is 18.6. The van der Waals surface area contributed by atoms with E-state index in [0.717, 1.165) is 12.1 Å². The Kier molecular flexibility index (Phi) is 5.72. The third-order valence-corrected chi connectivity index (χ3v) is 5.50. The van der Waals surface area contributed by atoms with Crippen LogP contribution in [-0.4, -0.2) is 52.1 Å². The first-order valence-electron chi connectivity index (χ1n) is 7.17. The third-order valence-electron chi connectivity index (χ3n) is 3.58. The molecular formula is C14H23N3O3S. The molecule has 0 radical (unpaired) electrons. The smallest absolute Gasteiger partial charge is 0.243 e. The molecule has 0 amide bonds. The molecule has 1 fully saturated rings. The van der Waals surface area contributed by atoms with Crippen molar-refractivity contribution < 1.29 is 13.2 Å². The van der Waals surface area contributed by atoms with E-state index in [-0.39, 0.29) is 6.04 Å². The Morgan fingerprint density at radius 3 is 2.48 bits per heavy atom. The van der Waals surface area contributed by atoms with Crippen molar-refractivity contribution in [2.75, 3.05) is 39.4 Å². The van der Waals surface area contributed by atoms with Gasteiger partial charge in [-0.2, -0.15) is 4.31 Å². The van der Waals surface area contributed by atoms with Crippen molar-refractivity contribution in [3.8, 4) is 0 Å². The predicted octanol–water partition coefficient (Wildman–Crippen LogP) is 0.317. The van der Waals surface area contributed by atoms with E-state index in [1.807, 2.05) is 19.1 Å². The van der Waals surface area contributed by atoms with Gasteiger partial charge in [0.25, 0.3) is 0 Å². The maximum Gasteiger partial charge on any atom is 0.243 e. The zero-order valence-corrected chi connectivity index (χ0v) is 13.1. The molecule has 1 aromatic carbocycles. The van der Waals surface area contributed by atoms with E-state index in [4.69, 9.17) is 10.5 Å². The van der Waals surface area contributed by atoms with Gasteiger partial charge >= 0.3 is 0 Å². The molecule has 118 valence electrons. The van der Waals surface area contributed by atoms with Gasteiger partial charge in [-0.15, -0.1) is 0 Å². The van der Waals surface area contributed by atoms with Crippen LogP contribution in [0, 0.1) is 0 Å². The van der Waals surface area contributed by atoms with Crippen molar-refractivity contribution in [1.29, 1.82) is 0 Å². The van der Waals surface area contributed by atoms with Gasteiger partial charge in [-0.25, -0.2) is 8.42 Å². The van der Waals surface area contributed by atoms with E-state index >= 15 is 0 Å². The van der Waals surface area contributed by atoms with Crippen LogP contribution in [0.4, 0.5) is 0 Å². The van der Waals surface area contributed by atoms with Crippen LogP contribution in [0.25, 0.3) is 0 Å². The summed E-state index contributed by atoms with van der Waals surface area (Å²) in [5, 5.41) is 3.27. The SMILES string of the molecule is CC(NCCN)c1ccc(S(=O)(=O)N2CCOCC2)cc1. The minimum Gasteiger partial charge on any atom is -0.379 e. The third kappa shape index (κ3) is 4.02. The molecule has 3 N–H and O–H groups in total. The van der Waals surface area contributed by atoms with Gasteiger partial charge in [0.1, 0.15) is 0 Å². The molecule has 1 unspecified atom stereocenters. The van der Waals surface area contributed by atoms with Gasteiger partial charge in [-0.1, -0.05) is 12.1 Å². The molecule has 0 saturated carbocycles. The molecule has 1 atom stereocenters. The summed E-state index contributed by atoms with van der Waals surface area (Å²) >= 11 is 0. The molecular weight excluding hydrogens is 290 g/mol. The van der Waals surface area contributed by atoms with Gasteiger partial charge in [0.05, 0.1) is 18.1 Å². The van der Waals surface area contributed by atoms with Gasteiger partial charge < -0.3 is 15.8 Å². The van der Waals surface area contributed by atoms with Crippen molar-refractivity contribution in [2.24, 2.45) is 5.73 Å². The van der Waals surface area contributed by atoms with Gasteiger partial charge in [0.2, 0.25) is 10.0 Å². The van der Waals surface area contributed by atoms with Crippen LogP contribution < -0.4 is 11.1 Å². The molecule has 0 bridgehead atoms. The number of benzene rings is 1. The number of morpholine rings is 1. The number of rotatable bonds is 6. The highest BCUT2D eigenvalue weighted by Gasteiger charge is 2.26.